The van der Waals surface area contributed by atoms with E-state index in [0.717, 1.165) is 33.3 Å². The van der Waals surface area contributed by atoms with E-state index in [2.05, 4.69) is 30.6 Å². The number of hydrogen-bond acceptors (Lipinski definition) is 10. The third-order valence-electron chi connectivity index (χ3n) is 4.87. The summed E-state index contributed by atoms with van der Waals surface area (Å²) in [5.74, 6) is 0.831. The van der Waals surface area contributed by atoms with Crippen LogP contribution in [-0.2, 0) is 29.1 Å². The number of aryl methyl sites for hydroxylation is 2. The third kappa shape index (κ3) is 7.83. The Labute approximate surface area is 217 Å². The summed E-state index contributed by atoms with van der Waals surface area (Å²) in [6.07, 6.45) is 4.32. The molecule has 4 aromatic rings. The predicted octanol–water partition coefficient (Wildman–Crippen LogP) is 3.69. The van der Waals surface area contributed by atoms with Gasteiger partial charge in [0.1, 0.15) is 18.1 Å². The molecule has 0 radical (unpaired) electrons. The molecule has 10 nitrogen and oxygen atoms in total. The molecule has 3 heterocycles. The third-order valence-corrected chi connectivity index (χ3v) is 6.63. The van der Waals surface area contributed by atoms with Crippen molar-refractivity contribution in [2.24, 2.45) is 0 Å². The molecule has 0 aliphatic carbocycles. The molecule has 0 aliphatic heterocycles. The van der Waals surface area contributed by atoms with Gasteiger partial charge in [0.2, 0.25) is 5.91 Å². The monoisotopic (exact) mass is 525 g/mol. The fourth-order valence-electron chi connectivity index (χ4n) is 3.29. The van der Waals surface area contributed by atoms with E-state index >= 15 is 0 Å². The van der Waals surface area contributed by atoms with Crippen LogP contribution in [0.25, 0.3) is 0 Å². The topological polar surface area (TPSA) is 117 Å². The highest BCUT2D eigenvalue weighted by Crippen LogP contribution is 2.24. The average molecular weight is 526 g/mol. The van der Waals surface area contributed by atoms with Gasteiger partial charge < -0.3 is 14.8 Å². The number of thioether (sulfide) groups is 1. The average Bonchev–Trinajstić information content (AvgIpc) is 3.49. The maximum absolute atomic E-state index is 12.4. The molecular formula is C24H27N7O3S2. The molecule has 12 heteroatoms. The van der Waals surface area contributed by atoms with E-state index in [1.54, 1.807) is 18.0 Å². The SMILES string of the molecule is COCCn1cc(COc2cccc(Cc3cnc(NC(=O)CSc4nc(C)cc(C)n4)s3)c2)nn1. The molecule has 0 saturated carbocycles. The molecule has 0 spiro atoms. The maximum atomic E-state index is 12.4. The predicted molar refractivity (Wildman–Crippen MR) is 138 cm³/mol. The lowest BCUT2D eigenvalue weighted by Crippen LogP contribution is -2.14. The van der Waals surface area contributed by atoms with Gasteiger partial charge in [0.15, 0.2) is 10.3 Å². The zero-order chi connectivity index (χ0) is 25.3. The van der Waals surface area contributed by atoms with Crippen molar-refractivity contribution < 1.29 is 14.3 Å². The Kier molecular flexibility index (Phi) is 8.98. The molecule has 0 saturated heterocycles. The van der Waals surface area contributed by atoms with Crippen LogP contribution in [0.3, 0.4) is 0 Å². The molecular weight excluding hydrogens is 498 g/mol. The van der Waals surface area contributed by atoms with Crippen molar-refractivity contribution in [1.29, 1.82) is 0 Å². The Balaban J connectivity index is 1.26. The minimum absolute atomic E-state index is 0.141. The molecule has 36 heavy (non-hydrogen) atoms. The second-order valence-corrected chi connectivity index (χ2v) is 10.0. The summed E-state index contributed by atoms with van der Waals surface area (Å²) in [4.78, 5) is 26.4. The van der Waals surface area contributed by atoms with Crippen molar-refractivity contribution in [2.75, 3.05) is 24.8 Å². The van der Waals surface area contributed by atoms with Crippen molar-refractivity contribution >= 4 is 34.1 Å². The highest BCUT2D eigenvalue weighted by atomic mass is 32.2. The molecule has 0 atom stereocenters. The molecule has 1 aromatic carbocycles. The second kappa shape index (κ2) is 12.6. The number of anilines is 1. The van der Waals surface area contributed by atoms with Crippen LogP contribution in [-0.4, -0.2) is 55.3 Å². The fourth-order valence-corrected chi connectivity index (χ4v) is 4.91. The Morgan fingerprint density at radius 1 is 1.19 bits per heavy atom. The van der Waals surface area contributed by atoms with Crippen LogP contribution in [0.4, 0.5) is 5.13 Å². The van der Waals surface area contributed by atoms with E-state index in [9.17, 15) is 4.79 Å². The van der Waals surface area contributed by atoms with Crippen LogP contribution in [0.1, 0.15) is 27.5 Å². The van der Waals surface area contributed by atoms with Crippen LogP contribution >= 0.6 is 23.1 Å². The number of aromatic nitrogens is 6. The number of amides is 1. The van der Waals surface area contributed by atoms with Gasteiger partial charge in [-0.1, -0.05) is 29.1 Å². The number of thiazole rings is 1. The summed E-state index contributed by atoms with van der Waals surface area (Å²) in [6, 6.07) is 9.80. The molecule has 3 aromatic heterocycles. The van der Waals surface area contributed by atoms with Gasteiger partial charge in [-0.3, -0.25) is 4.79 Å². The Bertz CT molecular complexity index is 1290. The number of methoxy groups -OCH3 is 1. The van der Waals surface area contributed by atoms with Gasteiger partial charge in [0, 0.05) is 36.0 Å². The second-order valence-electron chi connectivity index (χ2n) is 7.98. The van der Waals surface area contributed by atoms with Crippen molar-refractivity contribution in [3.8, 4) is 5.75 Å². The summed E-state index contributed by atoms with van der Waals surface area (Å²) < 4.78 is 12.7. The van der Waals surface area contributed by atoms with Gasteiger partial charge in [-0.25, -0.2) is 19.6 Å². The van der Waals surface area contributed by atoms with E-state index in [1.807, 2.05) is 50.4 Å². The highest BCUT2D eigenvalue weighted by molar-refractivity contribution is 7.99. The molecule has 0 aliphatic rings. The van der Waals surface area contributed by atoms with Gasteiger partial charge >= 0.3 is 0 Å². The van der Waals surface area contributed by atoms with Gasteiger partial charge in [-0.2, -0.15) is 0 Å². The van der Waals surface area contributed by atoms with Crippen LogP contribution in [0.5, 0.6) is 5.75 Å². The standard InChI is InChI=1S/C24H27N7O3S2/c1-16-9-17(2)27-24(26-16)35-15-22(32)28-23-25-12-21(36-23)11-18-5-4-6-20(10-18)34-14-19-13-31(30-29-19)7-8-33-3/h4-6,9-10,12-13H,7-8,11,14-15H2,1-3H3,(H,25,28,32). The Hall–Kier alpha value is -3.35. The van der Waals surface area contributed by atoms with E-state index in [4.69, 9.17) is 9.47 Å². The number of nitrogens with zero attached hydrogens (tertiary/aromatic N) is 6. The minimum Gasteiger partial charge on any atom is -0.487 e. The van der Waals surface area contributed by atoms with Crippen molar-refractivity contribution in [2.45, 2.75) is 38.6 Å². The van der Waals surface area contributed by atoms with Gasteiger partial charge in [0.25, 0.3) is 0 Å². The molecule has 0 unspecified atom stereocenters. The van der Waals surface area contributed by atoms with Gasteiger partial charge in [-0.05, 0) is 37.6 Å². The van der Waals surface area contributed by atoms with E-state index < -0.39 is 0 Å². The number of carbonyl (C=O) groups is 1. The summed E-state index contributed by atoms with van der Waals surface area (Å²) >= 11 is 2.76. The van der Waals surface area contributed by atoms with E-state index in [0.29, 0.717) is 36.5 Å². The van der Waals surface area contributed by atoms with Crippen LogP contribution < -0.4 is 10.1 Å². The lowest BCUT2D eigenvalue weighted by atomic mass is 10.1. The summed E-state index contributed by atoms with van der Waals surface area (Å²) in [7, 11) is 1.65. The molecule has 188 valence electrons. The van der Waals surface area contributed by atoms with Crippen molar-refractivity contribution in [3.63, 3.8) is 0 Å². The maximum Gasteiger partial charge on any atom is 0.236 e. The van der Waals surface area contributed by atoms with E-state index in [-0.39, 0.29) is 11.7 Å². The number of ether oxygens (including phenoxy) is 2. The highest BCUT2D eigenvalue weighted by Gasteiger charge is 2.10. The molecule has 4 rings (SSSR count). The smallest absolute Gasteiger partial charge is 0.236 e. The first-order valence-electron chi connectivity index (χ1n) is 11.3. The number of benzene rings is 1. The molecule has 0 fully saturated rings. The lowest BCUT2D eigenvalue weighted by molar-refractivity contribution is -0.113. The van der Waals surface area contributed by atoms with Gasteiger partial charge in [-0.15, -0.1) is 16.4 Å². The van der Waals surface area contributed by atoms with Gasteiger partial charge in [0.05, 0.1) is 25.1 Å². The van der Waals surface area contributed by atoms with E-state index in [1.165, 1.54) is 23.1 Å². The fraction of sp³-hybridized carbons (Fsp3) is 0.333. The first-order valence-corrected chi connectivity index (χ1v) is 13.1. The minimum atomic E-state index is -0.141. The number of carbonyl (C=O) groups excluding carboxylic acids is 1. The van der Waals surface area contributed by atoms with Crippen LogP contribution in [0.2, 0.25) is 0 Å². The van der Waals surface area contributed by atoms with Crippen LogP contribution in [0.15, 0.2) is 47.9 Å². The van der Waals surface area contributed by atoms with Crippen molar-refractivity contribution in [1.82, 2.24) is 29.9 Å². The number of nitrogens with one attached hydrogen (secondary N) is 1. The first kappa shape index (κ1) is 25.7. The quantitative estimate of drug-likeness (QED) is 0.218. The Morgan fingerprint density at radius 2 is 2.03 bits per heavy atom. The molecule has 1 N–H and O–H groups in total. The molecule has 1 amide bonds. The number of hydrogen-bond donors (Lipinski definition) is 1. The summed E-state index contributed by atoms with van der Waals surface area (Å²) in [5.41, 5.74) is 3.60. The lowest BCUT2D eigenvalue weighted by Gasteiger charge is -2.06. The Morgan fingerprint density at radius 3 is 2.83 bits per heavy atom. The summed E-state index contributed by atoms with van der Waals surface area (Å²) in [6.45, 7) is 5.38. The molecule has 0 bridgehead atoms. The zero-order valence-electron chi connectivity index (χ0n) is 20.3. The first-order chi connectivity index (χ1) is 17.5. The zero-order valence-corrected chi connectivity index (χ0v) is 21.9. The number of rotatable bonds is 12. The van der Waals surface area contributed by atoms with Crippen LogP contribution in [0, 0.1) is 13.8 Å². The largest absolute Gasteiger partial charge is 0.487 e. The normalized spacial score (nSPS) is 11.0. The van der Waals surface area contributed by atoms with Crippen molar-refractivity contribution in [3.05, 3.63) is 70.2 Å². The summed E-state index contributed by atoms with van der Waals surface area (Å²) in [5, 5.41) is 12.2.